The Balaban J connectivity index is 1.93. The Morgan fingerprint density at radius 1 is 1.50 bits per heavy atom. The smallest absolute Gasteiger partial charge is 0.251 e. The predicted octanol–water partition coefficient (Wildman–Crippen LogP) is 1.56. The number of carbonyl (C=O) groups excluding carboxylic acids is 1. The van der Waals surface area contributed by atoms with Crippen molar-refractivity contribution in [3.05, 3.63) is 29.3 Å². The molecule has 0 aromatic heterocycles. The van der Waals surface area contributed by atoms with E-state index in [1.807, 2.05) is 0 Å². The van der Waals surface area contributed by atoms with Gasteiger partial charge >= 0.3 is 0 Å². The van der Waals surface area contributed by atoms with Gasteiger partial charge in [0, 0.05) is 12.1 Å². The molecule has 1 saturated carbocycles. The molecule has 0 aliphatic heterocycles. The summed E-state index contributed by atoms with van der Waals surface area (Å²) in [5, 5.41) is 12.4. The minimum atomic E-state index is -0.0820. The Morgan fingerprint density at radius 3 is 2.78 bits per heavy atom. The first-order chi connectivity index (χ1) is 8.56. The summed E-state index contributed by atoms with van der Waals surface area (Å²) < 4.78 is 0. The molecule has 0 unspecified atom stereocenters. The van der Waals surface area contributed by atoms with Crippen molar-refractivity contribution in [1.29, 1.82) is 0 Å². The molecule has 0 spiro atoms. The summed E-state index contributed by atoms with van der Waals surface area (Å²) in [6, 6.07) is 4.89. The molecule has 18 heavy (non-hydrogen) atoms. The Kier molecular flexibility index (Phi) is 3.57. The van der Waals surface area contributed by atoms with E-state index in [4.69, 9.17) is 5.73 Å². The maximum absolute atomic E-state index is 12.0. The van der Waals surface area contributed by atoms with E-state index in [0.717, 1.165) is 19.3 Å². The van der Waals surface area contributed by atoms with Crippen LogP contribution in [0.5, 0.6) is 5.75 Å². The normalized spacial score (nSPS) is 16.3. The van der Waals surface area contributed by atoms with Gasteiger partial charge in [-0.25, -0.2) is 0 Å². The molecule has 1 aliphatic rings. The van der Waals surface area contributed by atoms with Crippen LogP contribution >= 0.6 is 0 Å². The van der Waals surface area contributed by atoms with Gasteiger partial charge in [0.1, 0.15) is 5.75 Å². The summed E-state index contributed by atoms with van der Waals surface area (Å²) in [7, 11) is 0. The molecule has 1 aromatic rings. The molecule has 1 aliphatic carbocycles. The van der Waals surface area contributed by atoms with Crippen molar-refractivity contribution in [3.63, 3.8) is 0 Å². The lowest BCUT2D eigenvalue weighted by atomic mass is 10.0. The minimum absolute atomic E-state index is 0.0820. The van der Waals surface area contributed by atoms with Gasteiger partial charge in [0.2, 0.25) is 0 Å². The maximum Gasteiger partial charge on any atom is 0.251 e. The third-order valence-corrected chi connectivity index (χ3v) is 3.71. The molecule has 1 amide bonds. The fourth-order valence-corrected chi connectivity index (χ4v) is 2.16. The van der Waals surface area contributed by atoms with Crippen LogP contribution < -0.4 is 11.1 Å². The second-order valence-corrected chi connectivity index (χ2v) is 5.22. The number of rotatable bonds is 5. The van der Waals surface area contributed by atoms with Gasteiger partial charge in [0.15, 0.2) is 0 Å². The van der Waals surface area contributed by atoms with Gasteiger partial charge < -0.3 is 16.2 Å². The molecule has 1 fully saturated rings. The molecule has 4 heteroatoms. The molecule has 0 radical (unpaired) electrons. The Hall–Kier alpha value is -1.55. The van der Waals surface area contributed by atoms with E-state index in [-0.39, 0.29) is 17.1 Å². The van der Waals surface area contributed by atoms with Crippen LogP contribution in [-0.4, -0.2) is 24.1 Å². The van der Waals surface area contributed by atoms with Crippen molar-refractivity contribution in [2.45, 2.75) is 26.2 Å². The molecule has 2 rings (SSSR count). The zero-order valence-electron chi connectivity index (χ0n) is 10.7. The third-order valence-electron chi connectivity index (χ3n) is 3.71. The first-order valence-electron chi connectivity index (χ1n) is 6.34. The van der Waals surface area contributed by atoms with Crippen LogP contribution in [0.4, 0.5) is 0 Å². The number of benzene rings is 1. The molecular formula is C14H20N2O2. The molecule has 4 nitrogen and oxygen atoms in total. The summed E-state index contributed by atoms with van der Waals surface area (Å²) in [6.07, 6.45) is 3.28. The van der Waals surface area contributed by atoms with Crippen LogP contribution in [0.1, 0.15) is 35.2 Å². The number of nitrogens with one attached hydrogen (secondary N) is 1. The van der Waals surface area contributed by atoms with Gasteiger partial charge in [-0.05, 0) is 61.9 Å². The number of phenols is 1. The van der Waals surface area contributed by atoms with E-state index in [2.05, 4.69) is 5.32 Å². The average molecular weight is 248 g/mol. The highest BCUT2D eigenvalue weighted by molar-refractivity contribution is 5.94. The van der Waals surface area contributed by atoms with Crippen LogP contribution in [0, 0.1) is 12.3 Å². The molecule has 0 atom stereocenters. The van der Waals surface area contributed by atoms with Crippen molar-refractivity contribution in [2.75, 3.05) is 13.1 Å². The first kappa shape index (κ1) is 12.9. The lowest BCUT2D eigenvalue weighted by Crippen LogP contribution is -2.31. The number of amides is 1. The highest BCUT2D eigenvalue weighted by Crippen LogP contribution is 2.47. The highest BCUT2D eigenvalue weighted by atomic mass is 16.3. The SMILES string of the molecule is Cc1cc(C(=O)NCC2(CCN)CC2)ccc1O. The Labute approximate surface area is 107 Å². The molecule has 1 aromatic carbocycles. The zero-order valence-corrected chi connectivity index (χ0v) is 10.7. The van der Waals surface area contributed by atoms with E-state index >= 15 is 0 Å². The standard InChI is InChI=1S/C14H20N2O2/c1-10-8-11(2-3-12(10)17)13(18)16-9-14(4-5-14)6-7-15/h2-3,8,17H,4-7,9,15H2,1H3,(H,16,18). The van der Waals surface area contributed by atoms with Crippen LogP contribution in [0.2, 0.25) is 0 Å². The van der Waals surface area contributed by atoms with Crippen molar-refractivity contribution in [3.8, 4) is 5.75 Å². The number of nitrogens with two attached hydrogens (primary N) is 1. The number of aryl methyl sites for hydroxylation is 1. The topological polar surface area (TPSA) is 75.4 Å². The monoisotopic (exact) mass is 248 g/mol. The summed E-state index contributed by atoms with van der Waals surface area (Å²) in [5.74, 6) is 0.134. The minimum Gasteiger partial charge on any atom is -0.508 e. The zero-order chi connectivity index (χ0) is 13.2. The molecule has 0 saturated heterocycles. The first-order valence-corrected chi connectivity index (χ1v) is 6.34. The molecule has 0 bridgehead atoms. The van der Waals surface area contributed by atoms with E-state index in [0.29, 0.717) is 24.2 Å². The summed E-state index contributed by atoms with van der Waals surface area (Å²) in [6.45, 7) is 3.15. The summed E-state index contributed by atoms with van der Waals surface area (Å²) >= 11 is 0. The van der Waals surface area contributed by atoms with E-state index in [9.17, 15) is 9.90 Å². The Bertz CT molecular complexity index is 453. The number of hydrogen-bond donors (Lipinski definition) is 3. The number of phenolic OH excluding ortho intramolecular Hbond substituents is 1. The summed E-state index contributed by atoms with van der Waals surface area (Å²) in [4.78, 5) is 12.0. The van der Waals surface area contributed by atoms with Gasteiger partial charge in [-0.2, -0.15) is 0 Å². The third kappa shape index (κ3) is 2.82. The predicted molar refractivity (Wildman–Crippen MR) is 70.5 cm³/mol. The summed E-state index contributed by atoms with van der Waals surface area (Å²) in [5.41, 5.74) is 7.12. The van der Waals surface area contributed by atoms with Crippen molar-refractivity contribution >= 4 is 5.91 Å². The quantitative estimate of drug-likeness (QED) is 0.740. The van der Waals surface area contributed by atoms with Crippen LogP contribution in [0.25, 0.3) is 0 Å². The largest absolute Gasteiger partial charge is 0.508 e. The van der Waals surface area contributed by atoms with Crippen molar-refractivity contribution in [2.24, 2.45) is 11.1 Å². The van der Waals surface area contributed by atoms with Crippen molar-refractivity contribution < 1.29 is 9.90 Å². The van der Waals surface area contributed by atoms with E-state index in [1.54, 1.807) is 25.1 Å². The molecule has 0 heterocycles. The van der Waals surface area contributed by atoms with Gasteiger partial charge in [-0.3, -0.25) is 4.79 Å². The van der Waals surface area contributed by atoms with Crippen LogP contribution in [0.15, 0.2) is 18.2 Å². The van der Waals surface area contributed by atoms with Gasteiger partial charge in [-0.15, -0.1) is 0 Å². The number of aromatic hydroxyl groups is 1. The van der Waals surface area contributed by atoms with Crippen LogP contribution in [-0.2, 0) is 0 Å². The molecule has 4 N–H and O–H groups in total. The second-order valence-electron chi connectivity index (χ2n) is 5.22. The maximum atomic E-state index is 12.0. The second kappa shape index (κ2) is 4.98. The van der Waals surface area contributed by atoms with Crippen molar-refractivity contribution in [1.82, 2.24) is 5.32 Å². The Morgan fingerprint density at radius 2 is 2.22 bits per heavy atom. The average Bonchev–Trinajstić information content (AvgIpc) is 3.11. The van der Waals surface area contributed by atoms with E-state index < -0.39 is 0 Å². The van der Waals surface area contributed by atoms with Gasteiger partial charge in [0.25, 0.3) is 5.91 Å². The van der Waals surface area contributed by atoms with Gasteiger partial charge in [-0.1, -0.05) is 0 Å². The molecule has 98 valence electrons. The number of hydrogen-bond acceptors (Lipinski definition) is 3. The van der Waals surface area contributed by atoms with Gasteiger partial charge in [0.05, 0.1) is 0 Å². The van der Waals surface area contributed by atoms with E-state index in [1.165, 1.54) is 0 Å². The highest BCUT2D eigenvalue weighted by Gasteiger charge is 2.41. The lowest BCUT2D eigenvalue weighted by molar-refractivity contribution is 0.0944. The lowest BCUT2D eigenvalue weighted by Gasteiger charge is -2.15. The fourth-order valence-electron chi connectivity index (χ4n) is 2.16. The molecular weight excluding hydrogens is 228 g/mol. The fraction of sp³-hybridized carbons (Fsp3) is 0.500. The van der Waals surface area contributed by atoms with Crippen LogP contribution in [0.3, 0.4) is 0 Å². The number of carbonyl (C=O) groups is 1.